The number of thioether (sulfide) groups is 1. The first-order valence-electron chi connectivity index (χ1n) is 5.89. The minimum atomic E-state index is -1.11. The van der Waals surface area contributed by atoms with Gasteiger partial charge in [-0.15, -0.1) is 11.8 Å². The van der Waals surface area contributed by atoms with E-state index in [2.05, 4.69) is 5.32 Å². The van der Waals surface area contributed by atoms with E-state index >= 15 is 0 Å². The zero-order valence-corrected chi connectivity index (χ0v) is 11.6. The third-order valence-corrected chi connectivity index (χ3v) is 3.46. The molecule has 0 aromatic heterocycles. The molecule has 1 amide bonds. The summed E-state index contributed by atoms with van der Waals surface area (Å²) in [6.45, 7) is 0. The summed E-state index contributed by atoms with van der Waals surface area (Å²) in [5.74, 6) is -1.54. The van der Waals surface area contributed by atoms with Crippen LogP contribution in [0.1, 0.15) is 20.7 Å². The summed E-state index contributed by atoms with van der Waals surface area (Å²) < 4.78 is 0. The van der Waals surface area contributed by atoms with Crippen molar-refractivity contribution in [3.05, 3.63) is 59.7 Å². The van der Waals surface area contributed by atoms with Gasteiger partial charge in [0.1, 0.15) is 0 Å². The topological polar surface area (TPSA) is 66.4 Å². The zero-order chi connectivity index (χ0) is 14.5. The van der Waals surface area contributed by atoms with Crippen LogP contribution >= 0.6 is 11.8 Å². The van der Waals surface area contributed by atoms with E-state index in [0.29, 0.717) is 5.69 Å². The minimum absolute atomic E-state index is 0.00349. The summed E-state index contributed by atoms with van der Waals surface area (Å²) in [4.78, 5) is 24.3. The van der Waals surface area contributed by atoms with Gasteiger partial charge in [-0.25, -0.2) is 4.79 Å². The maximum absolute atomic E-state index is 12.2. The molecule has 102 valence electrons. The third kappa shape index (κ3) is 3.19. The van der Waals surface area contributed by atoms with Gasteiger partial charge in [-0.2, -0.15) is 0 Å². The Bertz CT molecular complexity index is 641. The fourth-order valence-corrected chi connectivity index (χ4v) is 2.18. The number of carboxylic acids is 1. The Morgan fingerprint density at radius 1 is 1.05 bits per heavy atom. The number of hydrogen-bond donors (Lipinski definition) is 2. The fraction of sp³-hybridized carbons (Fsp3) is 0.0667. The molecule has 0 fully saturated rings. The van der Waals surface area contributed by atoms with Crippen molar-refractivity contribution in [2.24, 2.45) is 0 Å². The molecule has 2 aromatic carbocycles. The fourth-order valence-electron chi connectivity index (χ4n) is 1.74. The summed E-state index contributed by atoms with van der Waals surface area (Å²) in [5, 5.41) is 11.9. The standard InChI is InChI=1S/C15H13NO3S/c1-20-11-7-8-12(15(18)19)13(9-11)14(17)16-10-5-3-2-4-6-10/h2-9H,1H3,(H,16,17)(H,18,19). The summed E-state index contributed by atoms with van der Waals surface area (Å²) in [5.41, 5.74) is 0.785. The normalized spacial score (nSPS) is 10.1. The second-order valence-corrected chi connectivity index (χ2v) is 4.92. The van der Waals surface area contributed by atoms with Crippen molar-refractivity contribution in [1.29, 1.82) is 0 Å². The number of carboxylic acid groups (broad SMARTS) is 1. The molecule has 0 spiro atoms. The molecule has 0 saturated heterocycles. The van der Waals surface area contributed by atoms with Gasteiger partial charge in [-0.1, -0.05) is 18.2 Å². The van der Waals surface area contributed by atoms with Crippen LogP contribution in [-0.2, 0) is 0 Å². The van der Waals surface area contributed by atoms with Crippen LogP contribution < -0.4 is 5.32 Å². The Hall–Kier alpha value is -2.27. The predicted octanol–water partition coefficient (Wildman–Crippen LogP) is 3.36. The van der Waals surface area contributed by atoms with E-state index in [1.807, 2.05) is 12.3 Å². The summed E-state index contributed by atoms with van der Waals surface area (Å²) in [6, 6.07) is 13.7. The third-order valence-electron chi connectivity index (χ3n) is 2.73. The Labute approximate surface area is 120 Å². The van der Waals surface area contributed by atoms with Crippen LogP contribution in [0.3, 0.4) is 0 Å². The highest BCUT2D eigenvalue weighted by atomic mass is 32.2. The quantitative estimate of drug-likeness (QED) is 0.846. The molecular weight excluding hydrogens is 274 g/mol. The predicted molar refractivity (Wildman–Crippen MR) is 79.6 cm³/mol. The summed E-state index contributed by atoms with van der Waals surface area (Å²) >= 11 is 1.45. The van der Waals surface area contributed by atoms with Gasteiger partial charge < -0.3 is 10.4 Å². The smallest absolute Gasteiger partial charge is 0.336 e. The van der Waals surface area contributed by atoms with E-state index in [9.17, 15) is 9.59 Å². The van der Waals surface area contributed by atoms with E-state index in [4.69, 9.17) is 5.11 Å². The van der Waals surface area contributed by atoms with Gasteiger partial charge in [-0.3, -0.25) is 4.79 Å². The van der Waals surface area contributed by atoms with Gasteiger partial charge in [0.05, 0.1) is 11.1 Å². The van der Waals surface area contributed by atoms with Crippen molar-refractivity contribution in [1.82, 2.24) is 0 Å². The number of anilines is 1. The number of carbonyl (C=O) groups is 2. The number of carbonyl (C=O) groups excluding carboxylic acids is 1. The lowest BCUT2D eigenvalue weighted by Gasteiger charge is -2.09. The number of para-hydroxylation sites is 1. The Morgan fingerprint density at radius 2 is 1.75 bits per heavy atom. The average Bonchev–Trinajstić information content (AvgIpc) is 2.47. The monoisotopic (exact) mass is 287 g/mol. The first-order valence-corrected chi connectivity index (χ1v) is 7.12. The molecule has 2 N–H and O–H groups in total. The number of rotatable bonds is 4. The van der Waals surface area contributed by atoms with E-state index in [-0.39, 0.29) is 11.1 Å². The molecule has 0 aliphatic heterocycles. The molecule has 2 aromatic rings. The van der Waals surface area contributed by atoms with Crippen molar-refractivity contribution < 1.29 is 14.7 Å². The first-order chi connectivity index (χ1) is 9.61. The van der Waals surface area contributed by atoms with Gasteiger partial charge >= 0.3 is 5.97 Å². The highest BCUT2D eigenvalue weighted by Gasteiger charge is 2.17. The van der Waals surface area contributed by atoms with Crippen LogP contribution in [0.15, 0.2) is 53.4 Å². The van der Waals surface area contributed by atoms with Gasteiger partial charge in [0, 0.05) is 10.6 Å². The van der Waals surface area contributed by atoms with Crippen molar-refractivity contribution in [2.75, 3.05) is 11.6 Å². The van der Waals surface area contributed by atoms with E-state index < -0.39 is 11.9 Å². The highest BCUT2D eigenvalue weighted by Crippen LogP contribution is 2.21. The van der Waals surface area contributed by atoms with Crippen LogP contribution in [0, 0.1) is 0 Å². The van der Waals surface area contributed by atoms with Gasteiger partial charge in [0.25, 0.3) is 5.91 Å². The molecule has 0 aliphatic rings. The summed E-state index contributed by atoms with van der Waals surface area (Å²) in [7, 11) is 0. The molecular formula is C15H13NO3S. The van der Waals surface area contributed by atoms with Crippen LogP contribution in [-0.4, -0.2) is 23.2 Å². The molecule has 2 rings (SSSR count). The Morgan fingerprint density at radius 3 is 2.35 bits per heavy atom. The zero-order valence-electron chi connectivity index (χ0n) is 10.8. The number of nitrogens with one attached hydrogen (secondary N) is 1. The van der Waals surface area contributed by atoms with E-state index in [1.165, 1.54) is 17.8 Å². The lowest BCUT2D eigenvalue weighted by atomic mass is 10.1. The number of aromatic carboxylic acids is 1. The maximum Gasteiger partial charge on any atom is 0.336 e. The second kappa shape index (κ2) is 6.25. The SMILES string of the molecule is CSc1ccc(C(=O)O)c(C(=O)Nc2ccccc2)c1. The maximum atomic E-state index is 12.2. The number of amides is 1. The minimum Gasteiger partial charge on any atom is -0.478 e. The molecule has 0 unspecified atom stereocenters. The van der Waals surface area contributed by atoms with Gasteiger partial charge in [-0.05, 0) is 36.6 Å². The average molecular weight is 287 g/mol. The number of hydrogen-bond acceptors (Lipinski definition) is 3. The van der Waals surface area contributed by atoms with Gasteiger partial charge in [0.2, 0.25) is 0 Å². The lowest BCUT2D eigenvalue weighted by molar-refractivity contribution is 0.0692. The largest absolute Gasteiger partial charge is 0.478 e. The van der Waals surface area contributed by atoms with Crippen molar-refractivity contribution in [2.45, 2.75) is 4.90 Å². The van der Waals surface area contributed by atoms with E-state index in [0.717, 1.165) is 4.90 Å². The lowest BCUT2D eigenvalue weighted by Crippen LogP contribution is -2.16. The number of benzene rings is 2. The summed E-state index contributed by atoms with van der Waals surface area (Å²) in [6.07, 6.45) is 1.87. The highest BCUT2D eigenvalue weighted by molar-refractivity contribution is 7.98. The first kappa shape index (κ1) is 14.1. The molecule has 20 heavy (non-hydrogen) atoms. The molecule has 0 aliphatic carbocycles. The Balaban J connectivity index is 2.35. The molecule has 0 saturated carbocycles. The van der Waals surface area contributed by atoms with Crippen molar-refractivity contribution in [3.8, 4) is 0 Å². The van der Waals surface area contributed by atoms with Crippen LogP contribution in [0.2, 0.25) is 0 Å². The molecule has 5 heteroatoms. The van der Waals surface area contributed by atoms with Crippen LogP contribution in [0.4, 0.5) is 5.69 Å². The van der Waals surface area contributed by atoms with Crippen molar-refractivity contribution >= 4 is 29.3 Å². The molecule has 4 nitrogen and oxygen atoms in total. The molecule has 0 atom stereocenters. The Kier molecular flexibility index (Phi) is 4.42. The van der Waals surface area contributed by atoms with Crippen LogP contribution in [0.25, 0.3) is 0 Å². The molecule has 0 radical (unpaired) electrons. The van der Waals surface area contributed by atoms with E-state index in [1.54, 1.807) is 36.4 Å². The molecule has 0 bridgehead atoms. The second-order valence-electron chi connectivity index (χ2n) is 4.04. The van der Waals surface area contributed by atoms with Crippen LogP contribution in [0.5, 0.6) is 0 Å². The van der Waals surface area contributed by atoms with Crippen molar-refractivity contribution in [3.63, 3.8) is 0 Å². The molecule has 0 heterocycles. The van der Waals surface area contributed by atoms with Gasteiger partial charge in [0.15, 0.2) is 0 Å².